The molecule has 2 rings (SSSR count). The van der Waals surface area contributed by atoms with Gasteiger partial charge in [-0.15, -0.1) is 6.42 Å². The zero-order valence-electron chi connectivity index (χ0n) is 9.95. The van der Waals surface area contributed by atoms with Gasteiger partial charge in [0.1, 0.15) is 6.20 Å². The van der Waals surface area contributed by atoms with Gasteiger partial charge in [0.2, 0.25) is 5.65 Å². The molecule has 0 aliphatic carbocycles. The highest BCUT2D eigenvalue weighted by Gasteiger charge is 2.20. The molecular formula is C12H15N4O+. The first-order valence-corrected chi connectivity index (χ1v) is 5.70. The quantitative estimate of drug-likeness (QED) is 0.797. The molecule has 0 saturated carbocycles. The fraction of sp³-hybridized carbons (Fsp3) is 0.417. The zero-order chi connectivity index (χ0) is 12.4. The number of H-pyrrole nitrogens is 2. The van der Waals surface area contributed by atoms with Crippen LogP contribution in [0.15, 0.2) is 11.0 Å². The smallest absolute Gasteiger partial charge is 0.248 e. The zero-order valence-corrected chi connectivity index (χ0v) is 9.95. The molecule has 0 radical (unpaired) electrons. The fourth-order valence-electron chi connectivity index (χ4n) is 2.00. The number of fused-ring (bicyclic) bond motifs is 1. The highest BCUT2D eigenvalue weighted by atomic mass is 16.1. The van der Waals surface area contributed by atoms with E-state index in [1.807, 2.05) is 13.8 Å². The van der Waals surface area contributed by atoms with E-state index in [4.69, 9.17) is 6.42 Å². The molecule has 2 N–H and O–H groups in total. The van der Waals surface area contributed by atoms with Crippen molar-refractivity contribution in [2.75, 3.05) is 0 Å². The van der Waals surface area contributed by atoms with E-state index in [0.29, 0.717) is 17.0 Å². The van der Waals surface area contributed by atoms with E-state index in [1.165, 1.54) is 0 Å². The molecule has 0 fully saturated rings. The highest BCUT2D eigenvalue weighted by Crippen LogP contribution is 2.16. The number of aromatic amines is 2. The van der Waals surface area contributed by atoms with Crippen molar-refractivity contribution in [2.24, 2.45) is 0 Å². The van der Waals surface area contributed by atoms with Crippen LogP contribution in [0.4, 0.5) is 0 Å². The molecule has 0 amide bonds. The molecule has 2 aromatic rings. The first kappa shape index (κ1) is 11.4. The predicted molar refractivity (Wildman–Crippen MR) is 64.5 cm³/mol. The number of imidazole rings is 1. The summed E-state index contributed by atoms with van der Waals surface area (Å²) in [6, 6.07) is 0.144. The van der Waals surface area contributed by atoms with Gasteiger partial charge in [0.05, 0.1) is 0 Å². The van der Waals surface area contributed by atoms with Gasteiger partial charge >= 0.3 is 11.3 Å². The summed E-state index contributed by atoms with van der Waals surface area (Å²) in [5.41, 5.74) is 1.56. The van der Waals surface area contributed by atoms with Gasteiger partial charge in [0.25, 0.3) is 0 Å². The average molecular weight is 231 g/mol. The van der Waals surface area contributed by atoms with Gasteiger partial charge in [-0.25, -0.2) is 19.3 Å². The first-order valence-electron chi connectivity index (χ1n) is 5.70. The summed E-state index contributed by atoms with van der Waals surface area (Å²) in [6.45, 7) is 4.10. The summed E-state index contributed by atoms with van der Waals surface area (Å²) >= 11 is 0. The number of nitrogens with zero attached hydrogens (tertiary/aromatic N) is 2. The molecule has 2 aromatic heterocycles. The largest absolute Gasteiger partial charge is 0.415 e. The van der Waals surface area contributed by atoms with Gasteiger partial charge in [-0.05, 0) is 18.8 Å². The number of aromatic nitrogens is 4. The second-order valence-electron chi connectivity index (χ2n) is 3.90. The lowest BCUT2D eigenvalue weighted by atomic mass is 10.2. The normalized spacial score (nSPS) is 10.9. The third kappa shape index (κ3) is 1.82. The minimum atomic E-state index is -0.147. The van der Waals surface area contributed by atoms with E-state index in [0.717, 1.165) is 12.8 Å². The lowest BCUT2D eigenvalue weighted by molar-refractivity contribution is -0.348. The minimum Gasteiger partial charge on any atom is -0.248 e. The van der Waals surface area contributed by atoms with E-state index in [9.17, 15) is 4.79 Å². The van der Waals surface area contributed by atoms with Crippen LogP contribution in [-0.4, -0.2) is 14.5 Å². The van der Waals surface area contributed by atoms with Crippen molar-refractivity contribution in [1.82, 2.24) is 14.5 Å². The Morgan fingerprint density at radius 1 is 1.59 bits per heavy atom. The number of hydrogen-bond donors (Lipinski definition) is 1. The van der Waals surface area contributed by atoms with Gasteiger partial charge in [-0.1, -0.05) is 13.8 Å². The molecule has 0 saturated heterocycles. The van der Waals surface area contributed by atoms with Crippen LogP contribution >= 0.6 is 0 Å². The van der Waals surface area contributed by atoms with Crippen LogP contribution in [0.25, 0.3) is 11.3 Å². The Morgan fingerprint density at radius 3 is 2.88 bits per heavy atom. The molecule has 0 aliphatic rings. The van der Waals surface area contributed by atoms with Gasteiger partial charge in [0.15, 0.2) is 5.69 Å². The summed E-state index contributed by atoms with van der Waals surface area (Å²) in [7, 11) is 0. The maximum Gasteiger partial charge on any atom is 0.415 e. The standard InChI is InChI=1S/C12H14N4O/c1-4-8-7-13-10-11(14-8)16(12(17)15-10)9(5-2)6-3/h1,7,9H,5-6H2,2-3H3,(H,13,15,17)/p+1. The number of hydrogen-bond acceptors (Lipinski definition) is 2. The summed E-state index contributed by atoms with van der Waals surface area (Å²) < 4.78 is 1.67. The Labute approximate surface area is 98.9 Å². The van der Waals surface area contributed by atoms with Gasteiger partial charge in [0, 0.05) is 6.04 Å². The molecule has 5 heteroatoms. The van der Waals surface area contributed by atoms with E-state index in [1.54, 1.807) is 10.8 Å². The van der Waals surface area contributed by atoms with Gasteiger partial charge < -0.3 is 0 Å². The monoisotopic (exact) mass is 231 g/mol. The van der Waals surface area contributed by atoms with Crippen molar-refractivity contribution in [3.8, 4) is 12.3 Å². The van der Waals surface area contributed by atoms with Crippen molar-refractivity contribution in [3.05, 3.63) is 22.4 Å². The Hall–Kier alpha value is -2.09. The van der Waals surface area contributed by atoms with Crippen molar-refractivity contribution in [1.29, 1.82) is 0 Å². The predicted octanol–water partition coefficient (Wildman–Crippen LogP) is 0.881. The van der Waals surface area contributed by atoms with Crippen LogP contribution in [0.5, 0.6) is 0 Å². The SMILES string of the molecule is C#Cc1c[nH+]c2[nH]c(=O)n(C(CC)CC)c2n1. The number of terminal acetylenes is 1. The van der Waals surface area contributed by atoms with Crippen molar-refractivity contribution in [2.45, 2.75) is 32.7 Å². The molecular weight excluding hydrogens is 216 g/mol. The summed E-state index contributed by atoms with van der Waals surface area (Å²) in [5, 5.41) is 0. The molecule has 88 valence electrons. The number of rotatable bonds is 3. The van der Waals surface area contributed by atoms with Crippen LogP contribution in [0.3, 0.4) is 0 Å². The van der Waals surface area contributed by atoms with E-state index >= 15 is 0 Å². The average Bonchev–Trinajstić information content (AvgIpc) is 2.67. The Balaban J connectivity index is 2.73. The third-order valence-electron chi connectivity index (χ3n) is 2.94. The van der Waals surface area contributed by atoms with Gasteiger partial charge in [-0.2, -0.15) is 4.98 Å². The first-order chi connectivity index (χ1) is 8.21. The molecule has 0 spiro atoms. The summed E-state index contributed by atoms with van der Waals surface area (Å²) in [4.78, 5) is 21.9. The van der Waals surface area contributed by atoms with Crippen molar-refractivity contribution in [3.63, 3.8) is 0 Å². The summed E-state index contributed by atoms with van der Waals surface area (Å²) in [6.07, 6.45) is 8.68. The summed E-state index contributed by atoms with van der Waals surface area (Å²) in [5.74, 6) is 2.46. The molecule has 0 atom stereocenters. The van der Waals surface area contributed by atoms with Crippen LogP contribution in [-0.2, 0) is 0 Å². The van der Waals surface area contributed by atoms with E-state index in [2.05, 4.69) is 20.9 Å². The van der Waals surface area contributed by atoms with Crippen molar-refractivity contribution < 1.29 is 4.98 Å². The lowest BCUT2D eigenvalue weighted by Gasteiger charge is -2.11. The van der Waals surface area contributed by atoms with Crippen LogP contribution in [0.2, 0.25) is 0 Å². The van der Waals surface area contributed by atoms with Gasteiger partial charge in [-0.3, -0.25) is 0 Å². The fourth-order valence-corrected chi connectivity index (χ4v) is 2.00. The van der Waals surface area contributed by atoms with Crippen LogP contribution in [0, 0.1) is 12.3 Å². The molecule has 0 bridgehead atoms. The molecule has 5 nitrogen and oxygen atoms in total. The maximum atomic E-state index is 11.9. The molecule has 17 heavy (non-hydrogen) atoms. The highest BCUT2D eigenvalue weighted by molar-refractivity contribution is 5.62. The Bertz CT molecular complexity index is 628. The van der Waals surface area contributed by atoms with E-state index in [-0.39, 0.29) is 11.7 Å². The Morgan fingerprint density at radius 2 is 2.29 bits per heavy atom. The Kier molecular flexibility index (Phi) is 2.96. The third-order valence-corrected chi connectivity index (χ3v) is 2.94. The molecule has 0 aromatic carbocycles. The number of nitrogens with one attached hydrogen (secondary N) is 2. The lowest BCUT2D eigenvalue weighted by Crippen LogP contribution is -2.21. The molecule has 0 aliphatic heterocycles. The second kappa shape index (κ2) is 4.42. The van der Waals surface area contributed by atoms with Crippen molar-refractivity contribution >= 4 is 11.3 Å². The topological polar surface area (TPSA) is 64.8 Å². The molecule has 0 unspecified atom stereocenters. The molecule has 2 heterocycles. The van der Waals surface area contributed by atoms with Crippen LogP contribution in [0.1, 0.15) is 38.4 Å². The van der Waals surface area contributed by atoms with E-state index < -0.39 is 0 Å². The van der Waals surface area contributed by atoms with Crippen LogP contribution < -0.4 is 10.7 Å². The maximum absolute atomic E-state index is 11.9. The minimum absolute atomic E-state index is 0.144. The second-order valence-corrected chi connectivity index (χ2v) is 3.90.